The number of aliphatic hydroxyl groups excluding tert-OH is 3. The molecule has 0 amide bonds. The number of nitrogens with two attached hydrogens (primary N) is 1. The van der Waals surface area contributed by atoms with E-state index >= 15 is 0 Å². The molecule has 190 valence electrons. The minimum atomic E-state index is -4.76. The van der Waals surface area contributed by atoms with Gasteiger partial charge in [0.15, 0.2) is 6.23 Å². The molecule has 3 aliphatic heterocycles. The first-order valence-electron chi connectivity index (χ1n) is 12.0. The van der Waals surface area contributed by atoms with Crippen LogP contribution in [0.4, 0.5) is 0 Å². The number of phosphoric ester groups is 1. The average molecular weight is 492 g/mol. The van der Waals surface area contributed by atoms with Gasteiger partial charge in [-0.05, 0) is 25.5 Å². The van der Waals surface area contributed by atoms with Crippen LogP contribution in [0.25, 0.3) is 0 Å². The molecule has 11 nitrogen and oxygen atoms in total. The molecule has 4 rings (SSSR count). The minimum absolute atomic E-state index is 0.347. The van der Waals surface area contributed by atoms with Crippen LogP contribution in [0.5, 0.6) is 0 Å². The normalized spacial score (nSPS) is 44.8. The molecular weight excluding hydrogens is 453 g/mol. The standard InChI is InChI=1S/C21H38N3O8P/c22-18-20-8-6-4-2-1-3-5-7-9-21(13-20,19(27)23-18)24(11-10-20)17-16(26)15(25)14(32-17)12-31-33(28,29)30/h10-11,14-19,23,25-27H,1-9,12-13,22H2,(H2,28,29,30). The smallest absolute Gasteiger partial charge is 0.387 e. The summed E-state index contributed by atoms with van der Waals surface area (Å²) in [5.74, 6) is 0. The minimum Gasteiger partial charge on any atom is -0.387 e. The van der Waals surface area contributed by atoms with Crippen LogP contribution in [0.3, 0.4) is 0 Å². The summed E-state index contributed by atoms with van der Waals surface area (Å²) in [7, 11) is -4.76. The molecule has 3 fully saturated rings. The van der Waals surface area contributed by atoms with Crippen molar-refractivity contribution in [1.82, 2.24) is 10.2 Å². The number of ether oxygens (including phenoxy) is 1. The quantitative estimate of drug-likeness (QED) is 0.268. The maximum atomic E-state index is 11.3. The van der Waals surface area contributed by atoms with Crippen LogP contribution in [0.2, 0.25) is 0 Å². The Balaban J connectivity index is 1.64. The monoisotopic (exact) mass is 491 g/mol. The highest BCUT2D eigenvalue weighted by molar-refractivity contribution is 7.46. The van der Waals surface area contributed by atoms with Crippen LogP contribution in [-0.4, -0.2) is 79.1 Å². The molecule has 8 atom stereocenters. The van der Waals surface area contributed by atoms with E-state index in [4.69, 9.17) is 20.3 Å². The van der Waals surface area contributed by atoms with E-state index < -0.39 is 56.9 Å². The van der Waals surface area contributed by atoms with Gasteiger partial charge in [-0.25, -0.2) is 4.57 Å². The van der Waals surface area contributed by atoms with Gasteiger partial charge in [0.25, 0.3) is 0 Å². The van der Waals surface area contributed by atoms with Crippen LogP contribution >= 0.6 is 7.82 Å². The molecule has 4 aliphatic rings. The van der Waals surface area contributed by atoms with E-state index in [9.17, 15) is 19.9 Å². The number of phosphoric acid groups is 1. The first-order chi connectivity index (χ1) is 15.6. The molecule has 8 N–H and O–H groups in total. The molecule has 2 saturated heterocycles. The first kappa shape index (κ1) is 25.5. The summed E-state index contributed by atoms with van der Waals surface area (Å²) >= 11 is 0. The zero-order chi connectivity index (χ0) is 23.9. The number of rotatable bonds is 4. The van der Waals surface area contributed by atoms with Gasteiger partial charge < -0.3 is 40.5 Å². The number of nitrogens with one attached hydrogen (secondary N) is 1. The Labute approximate surface area is 194 Å². The van der Waals surface area contributed by atoms with Crippen LogP contribution in [-0.2, 0) is 13.8 Å². The number of hydrogen-bond donors (Lipinski definition) is 7. The molecule has 0 spiro atoms. The van der Waals surface area contributed by atoms with Crippen LogP contribution < -0.4 is 11.1 Å². The number of hydrogen-bond acceptors (Lipinski definition) is 9. The summed E-state index contributed by atoms with van der Waals surface area (Å²) in [5, 5.41) is 35.7. The summed E-state index contributed by atoms with van der Waals surface area (Å²) in [5.41, 5.74) is 5.33. The zero-order valence-electron chi connectivity index (χ0n) is 18.8. The SMILES string of the molecule is NC1NC(O)C23CCCCCCCCCC1(C=CN2C1OC(COP(=O)(O)O)C(O)C1O)C3. The highest BCUT2D eigenvalue weighted by Gasteiger charge is 2.60. The number of aliphatic hydroxyl groups is 3. The largest absolute Gasteiger partial charge is 0.469 e. The molecule has 1 saturated carbocycles. The van der Waals surface area contributed by atoms with E-state index in [1.807, 2.05) is 12.3 Å². The third-order valence-electron chi connectivity index (χ3n) is 7.95. The Kier molecular flexibility index (Phi) is 7.58. The molecular formula is C21H38N3O8P. The summed E-state index contributed by atoms with van der Waals surface area (Å²) in [6.45, 7) is -0.570. The average Bonchev–Trinajstić information content (AvgIpc) is 3.02. The van der Waals surface area contributed by atoms with Crippen molar-refractivity contribution in [3.8, 4) is 0 Å². The second-order valence-electron chi connectivity index (χ2n) is 10.1. The Morgan fingerprint density at radius 2 is 1.70 bits per heavy atom. The Morgan fingerprint density at radius 1 is 1.06 bits per heavy atom. The van der Waals surface area contributed by atoms with E-state index in [1.165, 1.54) is 12.8 Å². The predicted octanol–water partition coefficient (Wildman–Crippen LogP) is 0.218. The Hall–Kier alpha value is -0.590. The topological polar surface area (TPSA) is 178 Å². The number of nitrogens with zero attached hydrogens (tertiary/aromatic N) is 1. The molecule has 8 unspecified atom stereocenters. The Bertz CT molecular complexity index is 768. The van der Waals surface area contributed by atoms with Crippen molar-refractivity contribution in [2.45, 2.75) is 107 Å². The van der Waals surface area contributed by atoms with Gasteiger partial charge in [-0.3, -0.25) is 9.84 Å². The van der Waals surface area contributed by atoms with Gasteiger partial charge in [-0.1, -0.05) is 51.0 Å². The Morgan fingerprint density at radius 3 is 2.36 bits per heavy atom. The molecule has 0 aromatic carbocycles. The maximum Gasteiger partial charge on any atom is 0.469 e. The molecule has 0 radical (unpaired) electrons. The highest BCUT2D eigenvalue weighted by atomic mass is 31.2. The molecule has 1 aliphatic carbocycles. The van der Waals surface area contributed by atoms with Gasteiger partial charge in [-0.15, -0.1) is 0 Å². The summed E-state index contributed by atoms with van der Waals surface area (Å²) in [4.78, 5) is 19.8. The fourth-order valence-electron chi connectivity index (χ4n) is 6.10. The lowest BCUT2D eigenvalue weighted by atomic mass is 9.62. The first-order valence-corrected chi connectivity index (χ1v) is 13.5. The van der Waals surface area contributed by atoms with E-state index in [0.717, 1.165) is 38.5 Å². The van der Waals surface area contributed by atoms with Crippen LogP contribution in [0, 0.1) is 5.41 Å². The van der Waals surface area contributed by atoms with Crippen molar-refractivity contribution in [2.75, 3.05) is 6.61 Å². The fraction of sp³-hybridized carbons (Fsp3) is 0.905. The second-order valence-corrected chi connectivity index (χ2v) is 11.3. The van der Waals surface area contributed by atoms with Gasteiger partial charge in [0, 0.05) is 5.41 Å². The lowest BCUT2D eigenvalue weighted by molar-refractivity contribution is -0.186. The van der Waals surface area contributed by atoms with Crippen molar-refractivity contribution in [3.05, 3.63) is 12.3 Å². The molecule has 12 heteroatoms. The van der Waals surface area contributed by atoms with E-state index in [-0.39, 0.29) is 5.41 Å². The fourth-order valence-corrected chi connectivity index (χ4v) is 6.44. The second kappa shape index (κ2) is 9.81. The molecule has 3 heterocycles. The highest BCUT2D eigenvalue weighted by Crippen LogP contribution is 2.52. The van der Waals surface area contributed by atoms with Crippen molar-refractivity contribution in [1.29, 1.82) is 0 Å². The lowest BCUT2D eigenvalue weighted by Crippen LogP contribution is -2.75. The summed E-state index contributed by atoms with van der Waals surface area (Å²) in [6, 6.07) is 0. The maximum absolute atomic E-state index is 11.3. The van der Waals surface area contributed by atoms with Crippen LogP contribution in [0.1, 0.15) is 64.2 Å². The van der Waals surface area contributed by atoms with Gasteiger partial charge in [0.05, 0.1) is 18.3 Å². The lowest BCUT2D eigenvalue weighted by Gasteiger charge is -2.61. The molecule has 0 aromatic rings. The third-order valence-corrected chi connectivity index (χ3v) is 8.44. The van der Waals surface area contributed by atoms with Gasteiger partial charge in [0.1, 0.15) is 24.5 Å². The van der Waals surface area contributed by atoms with Crippen LogP contribution in [0.15, 0.2) is 12.3 Å². The van der Waals surface area contributed by atoms with Gasteiger partial charge >= 0.3 is 7.82 Å². The van der Waals surface area contributed by atoms with Crippen molar-refractivity contribution >= 4 is 7.82 Å². The van der Waals surface area contributed by atoms with E-state index in [2.05, 4.69) is 9.84 Å². The van der Waals surface area contributed by atoms with Gasteiger partial charge in [0.2, 0.25) is 0 Å². The third kappa shape index (κ3) is 5.04. The van der Waals surface area contributed by atoms with Gasteiger partial charge in [-0.2, -0.15) is 0 Å². The zero-order valence-corrected chi connectivity index (χ0v) is 19.7. The predicted molar refractivity (Wildman–Crippen MR) is 118 cm³/mol. The molecule has 0 aromatic heterocycles. The van der Waals surface area contributed by atoms with E-state index in [1.54, 1.807) is 4.90 Å². The molecule has 33 heavy (non-hydrogen) atoms. The van der Waals surface area contributed by atoms with E-state index in [0.29, 0.717) is 12.8 Å². The summed E-state index contributed by atoms with van der Waals surface area (Å²) in [6.07, 6.45) is 7.28. The summed E-state index contributed by atoms with van der Waals surface area (Å²) < 4.78 is 21.5. The van der Waals surface area contributed by atoms with Crippen molar-refractivity contribution < 1.29 is 38.9 Å². The van der Waals surface area contributed by atoms with Crippen molar-refractivity contribution in [3.63, 3.8) is 0 Å². The van der Waals surface area contributed by atoms with Crippen molar-refractivity contribution in [2.24, 2.45) is 11.1 Å². The number of piperidine rings is 1. The molecule has 2 bridgehead atoms.